The van der Waals surface area contributed by atoms with Gasteiger partial charge in [0.05, 0.1) is 13.2 Å². The Morgan fingerprint density at radius 2 is 2.00 bits per heavy atom. The summed E-state index contributed by atoms with van der Waals surface area (Å²) in [7, 11) is 0. The molecule has 0 aliphatic carbocycles. The number of nitrogens with zero attached hydrogens (tertiary/aromatic N) is 1. The van der Waals surface area contributed by atoms with E-state index in [9.17, 15) is 0 Å². The van der Waals surface area contributed by atoms with E-state index in [-0.39, 0.29) is 0 Å². The molecule has 1 aliphatic rings. The van der Waals surface area contributed by atoms with E-state index in [1.807, 2.05) is 0 Å². The van der Waals surface area contributed by atoms with Crippen LogP contribution < -0.4 is 0 Å². The number of morpholine rings is 1. The van der Waals surface area contributed by atoms with Gasteiger partial charge >= 0.3 is 0 Å². The van der Waals surface area contributed by atoms with Crippen molar-refractivity contribution >= 4 is 23.2 Å². The van der Waals surface area contributed by atoms with Gasteiger partial charge < -0.3 is 4.74 Å². The Labute approximate surface area is 76.7 Å². The molecule has 1 fully saturated rings. The SMILES string of the molecule is ClC(Cl)=CCN1CCOCC1. The second-order valence-corrected chi connectivity index (χ2v) is 3.41. The van der Waals surface area contributed by atoms with E-state index in [0.29, 0.717) is 4.49 Å². The molecule has 1 rings (SSSR count). The van der Waals surface area contributed by atoms with Crippen molar-refractivity contribution < 1.29 is 4.74 Å². The van der Waals surface area contributed by atoms with Gasteiger partial charge in [-0.3, -0.25) is 4.90 Å². The van der Waals surface area contributed by atoms with Gasteiger partial charge in [0, 0.05) is 19.6 Å². The first-order valence-corrected chi connectivity index (χ1v) is 4.36. The summed E-state index contributed by atoms with van der Waals surface area (Å²) in [5.41, 5.74) is 0. The van der Waals surface area contributed by atoms with E-state index in [2.05, 4.69) is 4.90 Å². The van der Waals surface area contributed by atoms with Crippen LogP contribution in [-0.4, -0.2) is 37.7 Å². The highest BCUT2D eigenvalue weighted by Crippen LogP contribution is 2.06. The van der Waals surface area contributed by atoms with Gasteiger partial charge in [0.2, 0.25) is 0 Å². The van der Waals surface area contributed by atoms with Crippen LogP contribution in [0.4, 0.5) is 0 Å². The summed E-state index contributed by atoms with van der Waals surface area (Å²) in [4.78, 5) is 2.24. The van der Waals surface area contributed by atoms with Crippen molar-refractivity contribution in [2.45, 2.75) is 0 Å². The normalized spacial score (nSPS) is 19.8. The average Bonchev–Trinajstić information content (AvgIpc) is 2.03. The van der Waals surface area contributed by atoms with Crippen molar-refractivity contribution in [3.63, 3.8) is 0 Å². The highest BCUT2D eigenvalue weighted by molar-refractivity contribution is 6.55. The van der Waals surface area contributed by atoms with E-state index < -0.39 is 0 Å². The highest BCUT2D eigenvalue weighted by atomic mass is 35.5. The first kappa shape index (κ1) is 9.33. The monoisotopic (exact) mass is 195 g/mol. The molecule has 0 aromatic heterocycles. The molecule has 0 radical (unpaired) electrons. The minimum Gasteiger partial charge on any atom is -0.379 e. The quantitative estimate of drug-likeness (QED) is 0.665. The maximum Gasteiger partial charge on any atom is 0.104 e. The van der Waals surface area contributed by atoms with E-state index in [1.54, 1.807) is 6.08 Å². The number of ether oxygens (including phenoxy) is 1. The number of hydrogen-bond acceptors (Lipinski definition) is 2. The molecular weight excluding hydrogens is 185 g/mol. The van der Waals surface area contributed by atoms with Crippen LogP contribution >= 0.6 is 23.2 Å². The van der Waals surface area contributed by atoms with Crippen molar-refractivity contribution in [2.24, 2.45) is 0 Å². The second kappa shape index (κ2) is 4.99. The molecule has 11 heavy (non-hydrogen) atoms. The topological polar surface area (TPSA) is 12.5 Å². The fraction of sp³-hybridized carbons (Fsp3) is 0.714. The van der Waals surface area contributed by atoms with Gasteiger partial charge in [-0.25, -0.2) is 0 Å². The summed E-state index contributed by atoms with van der Waals surface area (Å²) in [6.07, 6.45) is 1.80. The van der Waals surface area contributed by atoms with Crippen LogP contribution in [0, 0.1) is 0 Å². The van der Waals surface area contributed by atoms with Gasteiger partial charge in [0.25, 0.3) is 0 Å². The molecule has 2 nitrogen and oxygen atoms in total. The molecule has 0 spiro atoms. The third kappa shape index (κ3) is 3.97. The Kier molecular flexibility index (Phi) is 4.23. The molecule has 0 unspecified atom stereocenters. The first-order chi connectivity index (χ1) is 5.29. The molecule has 0 aromatic carbocycles. The van der Waals surface area contributed by atoms with Crippen molar-refractivity contribution in [3.8, 4) is 0 Å². The predicted molar refractivity (Wildman–Crippen MR) is 47.0 cm³/mol. The molecule has 1 aliphatic heterocycles. The van der Waals surface area contributed by atoms with Crippen LogP contribution in [0.15, 0.2) is 10.6 Å². The lowest BCUT2D eigenvalue weighted by Gasteiger charge is -2.24. The van der Waals surface area contributed by atoms with Gasteiger partial charge in [-0.15, -0.1) is 0 Å². The summed E-state index contributed by atoms with van der Waals surface area (Å²) < 4.78 is 5.52. The first-order valence-electron chi connectivity index (χ1n) is 3.60. The van der Waals surface area contributed by atoms with Crippen LogP contribution in [0.25, 0.3) is 0 Å². The van der Waals surface area contributed by atoms with Crippen LogP contribution in [0.1, 0.15) is 0 Å². The zero-order valence-corrected chi connectivity index (χ0v) is 7.74. The zero-order valence-electron chi connectivity index (χ0n) is 6.22. The molecule has 0 N–H and O–H groups in total. The van der Waals surface area contributed by atoms with Crippen LogP contribution in [-0.2, 0) is 4.74 Å². The smallest absolute Gasteiger partial charge is 0.104 e. The van der Waals surface area contributed by atoms with E-state index >= 15 is 0 Å². The van der Waals surface area contributed by atoms with Crippen molar-refractivity contribution in [2.75, 3.05) is 32.8 Å². The van der Waals surface area contributed by atoms with Gasteiger partial charge in [-0.05, 0) is 6.08 Å². The van der Waals surface area contributed by atoms with Gasteiger partial charge in [-0.2, -0.15) is 0 Å². The molecular formula is C7H11Cl2NO. The summed E-state index contributed by atoms with van der Waals surface area (Å²) in [6.45, 7) is 4.39. The largest absolute Gasteiger partial charge is 0.379 e. The molecule has 0 atom stereocenters. The maximum absolute atomic E-state index is 5.47. The molecule has 0 saturated carbocycles. The van der Waals surface area contributed by atoms with Crippen molar-refractivity contribution in [3.05, 3.63) is 10.6 Å². The van der Waals surface area contributed by atoms with E-state index in [0.717, 1.165) is 32.8 Å². The number of rotatable bonds is 2. The van der Waals surface area contributed by atoms with Crippen LogP contribution in [0.5, 0.6) is 0 Å². The van der Waals surface area contributed by atoms with Gasteiger partial charge in [0.1, 0.15) is 4.49 Å². The molecule has 0 bridgehead atoms. The summed E-state index contributed by atoms with van der Waals surface area (Å²) in [5.74, 6) is 0. The van der Waals surface area contributed by atoms with Crippen LogP contribution in [0.2, 0.25) is 0 Å². The Hall–Kier alpha value is 0.240. The second-order valence-electron chi connectivity index (χ2n) is 2.41. The van der Waals surface area contributed by atoms with Gasteiger partial charge in [0.15, 0.2) is 0 Å². The lowest BCUT2D eigenvalue weighted by atomic mass is 10.4. The Balaban J connectivity index is 2.19. The predicted octanol–water partition coefficient (Wildman–Crippen LogP) is 1.64. The van der Waals surface area contributed by atoms with E-state index in [4.69, 9.17) is 27.9 Å². The van der Waals surface area contributed by atoms with Crippen molar-refractivity contribution in [1.82, 2.24) is 4.90 Å². The highest BCUT2D eigenvalue weighted by Gasteiger charge is 2.07. The summed E-state index contributed by atoms with van der Waals surface area (Å²) >= 11 is 10.9. The third-order valence-electron chi connectivity index (χ3n) is 1.61. The number of halogens is 2. The number of hydrogen-bond donors (Lipinski definition) is 0. The Morgan fingerprint density at radius 3 is 2.55 bits per heavy atom. The third-order valence-corrected chi connectivity index (χ3v) is 1.92. The van der Waals surface area contributed by atoms with E-state index in [1.165, 1.54) is 0 Å². The Bertz CT molecular complexity index is 139. The molecule has 1 saturated heterocycles. The average molecular weight is 196 g/mol. The molecule has 0 aromatic rings. The molecule has 64 valence electrons. The summed E-state index contributed by atoms with van der Waals surface area (Å²) in [5, 5.41) is 0. The lowest BCUT2D eigenvalue weighted by molar-refractivity contribution is 0.0434. The fourth-order valence-corrected chi connectivity index (χ4v) is 1.12. The maximum atomic E-state index is 5.47. The van der Waals surface area contributed by atoms with Gasteiger partial charge in [-0.1, -0.05) is 23.2 Å². The zero-order chi connectivity index (χ0) is 8.10. The summed E-state index contributed by atoms with van der Waals surface area (Å²) in [6, 6.07) is 0. The minimum atomic E-state index is 0.344. The minimum absolute atomic E-state index is 0.344. The van der Waals surface area contributed by atoms with Crippen molar-refractivity contribution in [1.29, 1.82) is 0 Å². The fourth-order valence-electron chi connectivity index (χ4n) is 0.982. The van der Waals surface area contributed by atoms with Crippen LogP contribution in [0.3, 0.4) is 0 Å². The molecule has 4 heteroatoms. The molecule has 0 amide bonds. The standard InChI is InChI=1S/C7H11Cl2NO/c8-7(9)1-2-10-3-5-11-6-4-10/h1H,2-6H2. The lowest BCUT2D eigenvalue weighted by Crippen LogP contribution is -2.36. The molecule has 1 heterocycles. The Morgan fingerprint density at radius 1 is 1.36 bits per heavy atom.